The van der Waals surface area contributed by atoms with Gasteiger partial charge >= 0.3 is 6.18 Å². The van der Waals surface area contributed by atoms with Gasteiger partial charge in [-0.15, -0.1) is 11.3 Å². The molecule has 0 aliphatic rings. The average molecular weight is 524 g/mol. The van der Waals surface area contributed by atoms with Crippen LogP contribution in [0.25, 0.3) is 0 Å². The second-order valence-electron chi connectivity index (χ2n) is 7.54. The van der Waals surface area contributed by atoms with Crippen molar-refractivity contribution < 1.29 is 31.0 Å². The molecule has 7 nitrogen and oxygen atoms in total. The first kappa shape index (κ1) is 30.0. The summed E-state index contributed by atoms with van der Waals surface area (Å²) in [5.74, 6) is 0. The van der Waals surface area contributed by atoms with Gasteiger partial charge in [-0.25, -0.2) is 4.98 Å². The van der Waals surface area contributed by atoms with Gasteiger partial charge in [-0.05, 0) is 38.6 Å². The van der Waals surface area contributed by atoms with E-state index in [1.807, 2.05) is 6.92 Å². The number of aryl methyl sites for hydroxylation is 1. The number of thiazole rings is 1. The summed E-state index contributed by atoms with van der Waals surface area (Å²) >= 11 is 1.43. The standard InChI is InChI=1S/C21H28F3N3OS.CH4O3S/c1-5-9-18-13-25-20(29-18)19(26-28-15(4)14-27(6-2)7-3)16-10-8-11-17(12-16)21(22,23)24;1-5(2,3)4/h8,10-13,15H,5-7,9,14H2,1-4H3;1H3,(H,2,3,4)/b26-19+;. The zero-order valence-electron chi connectivity index (χ0n) is 20.0. The van der Waals surface area contributed by atoms with E-state index >= 15 is 0 Å². The van der Waals surface area contributed by atoms with E-state index in [9.17, 15) is 21.6 Å². The molecule has 1 N–H and O–H groups in total. The summed E-state index contributed by atoms with van der Waals surface area (Å²) in [6.45, 7) is 10.6. The Morgan fingerprint density at radius 1 is 1.26 bits per heavy atom. The number of benzene rings is 1. The normalized spacial score (nSPS) is 13.4. The zero-order valence-corrected chi connectivity index (χ0v) is 21.6. The van der Waals surface area contributed by atoms with Crippen LogP contribution in [0.2, 0.25) is 0 Å². The molecular formula is C22H32F3N3O4S2. The largest absolute Gasteiger partial charge is 0.416 e. The maximum Gasteiger partial charge on any atom is 0.416 e. The molecule has 0 fully saturated rings. The van der Waals surface area contributed by atoms with Crippen LogP contribution in [0, 0.1) is 0 Å². The number of alkyl halides is 3. The second-order valence-corrected chi connectivity index (χ2v) is 10.1. The molecule has 0 amide bonds. The molecular weight excluding hydrogens is 491 g/mol. The number of aromatic nitrogens is 1. The van der Waals surface area contributed by atoms with Crippen molar-refractivity contribution in [3.05, 3.63) is 51.5 Å². The van der Waals surface area contributed by atoms with Crippen molar-refractivity contribution in [1.82, 2.24) is 9.88 Å². The highest BCUT2D eigenvalue weighted by Gasteiger charge is 2.31. The summed E-state index contributed by atoms with van der Waals surface area (Å²) < 4.78 is 65.4. The van der Waals surface area contributed by atoms with Crippen LogP contribution in [0.1, 0.15) is 55.1 Å². The summed E-state index contributed by atoms with van der Waals surface area (Å²) in [5, 5.41) is 4.81. The fourth-order valence-electron chi connectivity index (χ4n) is 2.86. The summed E-state index contributed by atoms with van der Waals surface area (Å²) in [4.78, 5) is 13.3. The van der Waals surface area contributed by atoms with Crippen LogP contribution in [0.15, 0.2) is 35.6 Å². The Kier molecular flexibility index (Phi) is 12.1. The van der Waals surface area contributed by atoms with Crippen molar-refractivity contribution in [1.29, 1.82) is 0 Å². The molecule has 2 aromatic rings. The molecule has 1 atom stereocenters. The lowest BCUT2D eigenvalue weighted by molar-refractivity contribution is -0.137. The van der Waals surface area contributed by atoms with E-state index in [-0.39, 0.29) is 6.10 Å². The third-order valence-corrected chi connectivity index (χ3v) is 5.51. The molecule has 1 unspecified atom stereocenters. The molecule has 34 heavy (non-hydrogen) atoms. The molecule has 0 aliphatic carbocycles. The molecule has 0 radical (unpaired) electrons. The fourth-order valence-corrected chi connectivity index (χ4v) is 3.88. The Labute approximate surface area is 203 Å². The number of halogens is 3. The number of hydrogen-bond donors (Lipinski definition) is 1. The quantitative estimate of drug-likeness (QED) is 0.264. The Morgan fingerprint density at radius 2 is 1.88 bits per heavy atom. The Morgan fingerprint density at radius 3 is 2.41 bits per heavy atom. The summed E-state index contributed by atoms with van der Waals surface area (Å²) in [6, 6.07) is 5.13. The van der Waals surface area contributed by atoms with Gasteiger partial charge in [0.2, 0.25) is 0 Å². The highest BCUT2D eigenvalue weighted by Crippen LogP contribution is 2.30. The van der Waals surface area contributed by atoms with Gasteiger partial charge in [-0.2, -0.15) is 21.6 Å². The number of rotatable bonds is 10. The molecule has 1 heterocycles. The second kappa shape index (κ2) is 13.8. The Bertz CT molecular complexity index is 1010. The lowest BCUT2D eigenvalue weighted by atomic mass is 10.1. The van der Waals surface area contributed by atoms with Gasteiger partial charge in [0, 0.05) is 23.2 Å². The third kappa shape index (κ3) is 11.4. The van der Waals surface area contributed by atoms with E-state index in [2.05, 4.69) is 35.8 Å². The predicted octanol–water partition coefficient (Wildman–Crippen LogP) is 5.12. The summed E-state index contributed by atoms with van der Waals surface area (Å²) in [6.07, 6.45) is -0.319. The van der Waals surface area contributed by atoms with Gasteiger partial charge in [-0.3, -0.25) is 4.55 Å². The van der Waals surface area contributed by atoms with E-state index in [0.717, 1.165) is 42.9 Å². The van der Waals surface area contributed by atoms with Crippen molar-refractivity contribution in [2.75, 3.05) is 25.9 Å². The van der Waals surface area contributed by atoms with Crippen molar-refractivity contribution >= 4 is 27.2 Å². The highest BCUT2D eigenvalue weighted by atomic mass is 32.2. The van der Waals surface area contributed by atoms with Crippen molar-refractivity contribution in [2.45, 2.75) is 52.8 Å². The molecule has 2 rings (SSSR count). The van der Waals surface area contributed by atoms with Gasteiger partial charge in [0.25, 0.3) is 10.1 Å². The smallest absolute Gasteiger partial charge is 0.391 e. The first-order valence-electron chi connectivity index (χ1n) is 10.8. The van der Waals surface area contributed by atoms with Crippen LogP contribution in [0.3, 0.4) is 0 Å². The summed E-state index contributed by atoms with van der Waals surface area (Å²) in [7, 11) is -3.67. The monoisotopic (exact) mass is 523 g/mol. The van der Waals surface area contributed by atoms with Crippen molar-refractivity contribution in [2.24, 2.45) is 5.16 Å². The molecule has 0 bridgehead atoms. The minimum Gasteiger partial charge on any atom is -0.391 e. The predicted molar refractivity (Wildman–Crippen MR) is 129 cm³/mol. The lowest BCUT2D eigenvalue weighted by Gasteiger charge is -2.21. The number of likely N-dealkylation sites (N-methyl/N-ethyl adjacent to an activating group) is 1. The molecule has 0 saturated carbocycles. The van der Waals surface area contributed by atoms with Crippen LogP contribution < -0.4 is 0 Å². The van der Waals surface area contributed by atoms with Crippen molar-refractivity contribution in [3.8, 4) is 0 Å². The zero-order chi connectivity index (χ0) is 25.9. The van der Waals surface area contributed by atoms with E-state index in [4.69, 9.17) is 9.39 Å². The van der Waals surface area contributed by atoms with Crippen molar-refractivity contribution in [3.63, 3.8) is 0 Å². The van der Waals surface area contributed by atoms with E-state index in [0.29, 0.717) is 29.1 Å². The first-order chi connectivity index (χ1) is 15.8. The molecule has 0 aliphatic heterocycles. The molecule has 1 aromatic carbocycles. The maximum atomic E-state index is 13.2. The van der Waals surface area contributed by atoms with Gasteiger partial charge in [0.1, 0.15) is 16.8 Å². The minimum atomic E-state index is -4.42. The van der Waals surface area contributed by atoms with E-state index in [1.54, 1.807) is 12.3 Å². The van der Waals surface area contributed by atoms with Crippen LogP contribution in [-0.2, 0) is 27.6 Å². The third-order valence-electron chi connectivity index (χ3n) is 4.45. The highest BCUT2D eigenvalue weighted by molar-refractivity contribution is 7.85. The number of hydrogen-bond acceptors (Lipinski definition) is 7. The number of oxime groups is 1. The molecule has 1 aromatic heterocycles. The maximum absolute atomic E-state index is 13.2. The molecule has 0 spiro atoms. The van der Waals surface area contributed by atoms with E-state index in [1.165, 1.54) is 17.4 Å². The molecule has 0 saturated heterocycles. The van der Waals surface area contributed by atoms with Crippen LogP contribution in [0.5, 0.6) is 0 Å². The van der Waals surface area contributed by atoms with Gasteiger partial charge in [-0.1, -0.05) is 44.5 Å². The SMILES string of the molecule is CCCc1cnc(/C(=N/OC(C)CN(CC)CC)c2cccc(C(F)(F)F)c2)s1.CS(=O)(=O)O. The summed E-state index contributed by atoms with van der Waals surface area (Å²) in [5.41, 5.74) is -0.0497. The van der Waals surface area contributed by atoms with Crippen LogP contribution in [-0.4, -0.2) is 60.6 Å². The Balaban J connectivity index is 0.00000104. The first-order valence-corrected chi connectivity index (χ1v) is 13.5. The number of nitrogens with zero attached hydrogens (tertiary/aromatic N) is 3. The molecule has 12 heteroatoms. The van der Waals surface area contributed by atoms with Gasteiger partial charge in [0.05, 0.1) is 11.8 Å². The van der Waals surface area contributed by atoms with E-state index < -0.39 is 21.9 Å². The minimum absolute atomic E-state index is 0.203. The average Bonchev–Trinajstić information content (AvgIpc) is 3.19. The van der Waals surface area contributed by atoms with Gasteiger partial charge in [0.15, 0.2) is 0 Å². The Hall–Kier alpha value is -2.02. The van der Waals surface area contributed by atoms with Crippen LogP contribution in [0.4, 0.5) is 13.2 Å². The lowest BCUT2D eigenvalue weighted by Crippen LogP contribution is -2.31. The topological polar surface area (TPSA) is 92.1 Å². The van der Waals surface area contributed by atoms with Gasteiger partial charge < -0.3 is 9.74 Å². The van der Waals surface area contributed by atoms with Crippen LogP contribution >= 0.6 is 11.3 Å². The fraction of sp³-hybridized carbons (Fsp3) is 0.545. The molecule has 192 valence electrons.